The van der Waals surface area contributed by atoms with Crippen molar-refractivity contribution in [2.45, 2.75) is 46.3 Å². The summed E-state index contributed by atoms with van der Waals surface area (Å²) in [4.78, 5) is 32.5. The monoisotopic (exact) mass is 485 g/mol. The van der Waals surface area contributed by atoms with Crippen LogP contribution in [0, 0.1) is 0 Å². The van der Waals surface area contributed by atoms with Crippen LogP contribution in [0.5, 0.6) is 0 Å². The molecule has 0 fully saturated rings. The van der Waals surface area contributed by atoms with Crippen LogP contribution in [0.4, 0.5) is 11.4 Å². The predicted molar refractivity (Wildman–Crippen MR) is 144 cm³/mol. The number of benzene rings is 2. The highest BCUT2D eigenvalue weighted by Gasteiger charge is 2.13. The molecular weight excluding hydrogens is 450 g/mol. The highest BCUT2D eigenvalue weighted by atomic mass is 16.1. The summed E-state index contributed by atoms with van der Waals surface area (Å²) in [6, 6.07) is 15.9. The Hall–Kier alpha value is -3.91. The van der Waals surface area contributed by atoms with E-state index in [2.05, 4.69) is 61.0 Å². The summed E-state index contributed by atoms with van der Waals surface area (Å²) in [7, 11) is 0. The number of aromatic nitrogens is 4. The van der Waals surface area contributed by atoms with Gasteiger partial charge < -0.3 is 20.2 Å². The fourth-order valence-corrected chi connectivity index (χ4v) is 4.25. The zero-order valence-electron chi connectivity index (χ0n) is 21.1. The van der Waals surface area contributed by atoms with E-state index in [1.54, 1.807) is 12.4 Å². The average molecular weight is 486 g/mol. The Morgan fingerprint density at radius 2 is 1.39 bits per heavy atom. The Balaban J connectivity index is 1.37. The lowest BCUT2D eigenvalue weighted by molar-refractivity contribution is 0.102. The Kier molecular flexibility index (Phi) is 8.88. The molecular formula is C28H35N7O. The average Bonchev–Trinajstić information content (AvgIpc) is 3.59. The van der Waals surface area contributed by atoms with E-state index in [4.69, 9.17) is 0 Å². The highest BCUT2D eigenvalue weighted by molar-refractivity contribution is 6.04. The molecule has 0 aliphatic heterocycles. The Labute approximate surface area is 212 Å². The van der Waals surface area contributed by atoms with Crippen LogP contribution in [-0.2, 0) is 19.6 Å². The van der Waals surface area contributed by atoms with Gasteiger partial charge in [0.05, 0.1) is 13.1 Å². The predicted octanol–water partition coefficient (Wildman–Crippen LogP) is 5.21. The van der Waals surface area contributed by atoms with Gasteiger partial charge in [0.15, 0.2) is 0 Å². The van der Waals surface area contributed by atoms with Crippen molar-refractivity contribution in [1.29, 1.82) is 0 Å². The molecule has 2 aromatic heterocycles. The molecule has 3 N–H and O–H groups in total. The molecule has 0 saturated carbocycles. The van der Waals surface area contributed by atoms with E-state index in [0.29, 0.717) is 25.2 Å². The lowest BCUT2D eigenvalue weighted by atomic mass is 10.1. The first-order valence-electron chi connectivity index (χ1n) is 12.6. The minimum atomic E-state index is -0.115. The van der Waals surface area contributed by atoms with Crippen LogP contribution < -0.4 is 10.2 Å². The number of nitrogens with one attached hydrogen (secondary N) is 3. The quantitative estimate of drug-likeness (QED) is 0.242. The SMILES string of the molecule is CCCN(CCC)c1ccc(NC(=O)c2ccc(CN(Cc3ncc[nH]3)Cc3ncc[nH]3)cc2)cc1. The zero-order valence-corrected chi connectivity index (χ0v) is 21.1. The second kappa shape index (κ2) is 12.7. The zero-order chi connectivity index (χ0) is 25.2. The van der Waals surface area contributed by atoms with Crippen LogP contribution in [0.1, 0.15) is 54.3 Å². The lowest BCUT2D eigenvalue weighted by Crippen LogP contribution is -2.24. The smallest absolute Gasteiger partial charge is 0.255 e. The van der Waals surface area contributed by atoms with Gasteiger partial charge in [0, 0.05) is 61.4 Å². The number of nitrogens with zero attached hydrogens (tertiary/aromatic N) is 4. The van der Waals surface area contributed by atoms with Crippen molar-refractivity contribution in [2.24, 2.45) is 0 Å². The molecule has 8 heteroatoms. The molecule has 0 aliphatic rings. The van der Waals surface area contributed by atoms with Gasteiger partial charge in [0.25, 0.3) is 5.91 Å². The molecule has 2 heterocycles. The molecule has 0 spiro atoms. The first kappa shape index (κ1) is 25.2. The molecule has 4 aromatic rings. The van der Waals surface area contributed by atoms with Gasteiger partial charge in [-0.1, -0.05) is 26.0 Å². The van der Waals surface area contributed by atoms with Crippen LogP contribution in [0.3, 0.4) is 0 Å². The normalized spacial score (nSPS) is 11.1. The standard InChI is InChI=1S/C28H35N7O/c1-3-17-35(18-4-2)25-11-9-24(10-12-25)33-28(36)23-7-5-22(6-8-23)19-34(20-26-29-13-14-30-26)21-27-31-15-16-32-27/h5-16H,3-4,17-21H2,1-2H3,(H,29,30)(H,31,32)(H,33,36). The molecule has 0 aliphatic carbocycles. The summed E-state index contributed by atoms with van der Waals surface area (Å²) >= 11 is 0. The second-order valence-corrected chi connectivity index (χ2v) is 8.90. The molecule has 0 radical (unpaired) electrons. The van der Waals surface area contributed by atoms with Crippen LogP contribution in [0.15, 0.2) is 73.3 Å². The number of imidazole rings is 2. The van der Waals surface area contributed by atoms with Crippen LogP contribution >= 0.6 is 0 Å². The number of H-pyrrole nitrogens is 2. The molecule has 0 atom stereocenters. The Morgan fingerprint density at radius 1 is 0.806 bits per heavy atom. The number of carbonyl (C=O) groups is 1. The first-order valence-corrected chi connectivity index (χ1v) is 12.6. The summed E-state index contributed by atoms with van der Waals surface area (Å²) in [5, 5.41) is 3.02. The third-order valence-electron chi connectivity index (χ3n) is 5.96. The van der Waals surface area contributed by atoms with Gasteiger partial charge in [-0.05, 0) is 54.8 Å². The summed E-state index contributed by atoms with van der Waals surface area (Å²) in [5.41, 5.74) is 3.73. The van der Waals surface area contributed by atoms with E-state index in [0.717, 1.165) is 48.8 Å². The largest absolute Gasteiger partial charge is 0.372 e. The lowest BCUT2D eigenvalue weighted by Gasteiger charge is -2.24. The van der Waals surface area contributed by atoms with Crippen molar-refractivity contribution in [3.8, 4) is 0 Å². The Morgan fingerprint density at radius 3 is 1.89 bits per heavy atom. The number of carbonyl (C=O) groups excluding carboxylic acids is 1. The van der Waals surface area contributed by atoms with Gasteiger partial charge in [-0.25, -0.2) is 9.97 Å². The van der Waals surface area contributed by atoms with Gasteiger partial charge in [0.1, 0.15) is 11.6 Å². The van der Waals surface area contributed by atoms with E-state index in [1.165, 1.54) is 5.69 Å². The van der Waals surface area contributed by atoms with E-state index in [9.17, 15) is 4.79 Å². The second-order valence-electron chi connectivity index (χ2n) is 8.90. The molecule has 0 bridgehead atoms. The molecule has 4 rings (SSSR count). The molecule has 1 amide bonds. The van der Waals surface area contributed by atoms with E-state index in [-0.39, 0.29) is 5.91 Å². The van der Waals surface area contributed by atoms with Crippen LogP contribution in [0.2, 0.25) is 0 Å². The summed E-state index contributed by atoms with van der Waals surface area (Å²) in [6.45, 7) is 8.49. The number of hydrogen-bond donors (Lipinski definition) is 3. The third kappa shape index (κ3) is 7.05. The number of hydrogen-bond acceptors (Lipinski definition) is 5. The van der Waals surface area contributed by atoms with Gasteiger partial charge in [-0.2, -0.15) is 0 Å². The number of rotatable bonds is 13. The summed E-state index contributed by atoms with van der Waals surface area (Å²) in [5.74, 6) is 1.68. The van der Waals surface area contributed by atoms with E-state index < -0.39 is 0 Å². The molecule has 188 valence electrons. The maximum atomic E-state index is 12.8. The van der Waals surface area contributed by atoms with Crippen LogP contribution in [0.25, 0.3) is 0 Å². The highest BCUT2D eigenvalue weighted by Crippen LogP contribution is 2.20. The minimum absolute atomic E-state index is 0.115. The fraction of sp³-hybridized carbons (Fsp3) is 0.321. The van der Waals surface area contributed by atoms with Gasteiger partial charge >= 0.3 is 0 Å². The minimum Gasteiger partial charge on any atom is -0.372 e. The van der Waals surface area contributed by atoms with Crippen LogP contribution in [-0.4, -0.2) is 43.8 Å². The number of aromatic amines is 2. The van der Waals surface area contributed by atoms with E-state index in [1.807, 2.05) is 48.8 Å². The van der Waals surface area contributed by atoms with Gasteiger partial charge in [0.2, 0.25) is 0 Å². The van der Waals surface area contributed by atoms with Crippen molar-refractivity contribution in [2.75, 3.05) is 23.3 Å². The van der Waals surface area contributed by atoms with Gasteiger partial charge in [-0.3, -0.25) is 9.69 Å². The topological polar surface area (TPSA) is 92.9 Å². The van der Waals surface area contributed by atoms with Crippen molar-refractivity contribution in [1.82, 2.24) is 24.8 Å². The van der Waals surface area contributed by atoms with E-state index >= 15 is 0 Å². The fourth-order valence-electron chi connectivity index (χ4n) is 4.25. The molecule has 0 unspecified atom stereocenters. The number of anilines is 2. The molecule has 2 aromatic carbocycles. The van der Waals surface area contributed by atoms with Crippen molar-refractivity contribution < 1.29 is 4.79 Å². The Bertz CT molecular complexity index is 1130. The number of amides is 1. The molecule has 36 heavy (non-hydrogen) atoms. The third-order valence-corrected chi connectivity index (χ3v) is 5.96. The molecule has 0 saturated heterocycles. The van der Waals surface area contributed by atoms with Gasteiger partial charge in [-0.15, -0.1) is 0 Å². The van der Waals surface area contributed by atoms with Crippen molar-refractivity contribution in [3.63, 3.8) is 0 Å². The first-order chi connectivity index (χ1) is 17.6. The molecule has 8 nitrogen and oxygen atoms in total. The summed E-state index contributed by atoms with van der Waals surface area (Å²) < 4.78 is 0. The maximum absolute atomic E-state index is 12.8. The maximum Gasteiger partial charge on any atom is 0.255 e. The summed E-state index contributed by atoms with van der Waals surface area (Å²) in [6.07, 6.45) is 9.39. The van der Waals surface area contributed by atoms with Crippen molar-refractivity contribution in [3.05, 3.63) is 96.1 Å². The van der Waals surface area contributed by atoms with Crippen molar-refractivity contribution >= 4 is 17.3 Å².